The van der Waals surface area contributed by atoms with Gasteiger partial charge in [0.2, 0.25) is 11.8 Å². The van der Waals surface area contributed by atoms with E-state index in [2.05, 4.69) is 10.3 Å². The van der Waals surface area contributed by atoms with Crippen molar-refractivity contribution in [2.45, 2.75) is 50.6 Å². The lowest BCUT2D eigenvalue weighted by Gasteiger charge is -2.29. The van der Waals surface area contributed by atoms with Crippen LogP contribution in [0, 0.1) is 23.4 Å². The maximum Gasteiger partial charge on any atom is 0.225 e. The first-order valence-electron chi connectivity index (χ1n) is 10.1. The predicted octanol–water partition coefficient (Wildman–Crippen LogP) is 2.59. The van der Waals surface area contributed by atoms with Gasteiger partial charge in [0.05, 0.1) is 12.5 Å². The lowest BCUT2D eigenvalue weighted by atomic mass is 10.0. The average Bonchev–Trinajstić information content (AvgIpc) is 3.44. The van der Waals surface area contributed by atoms with Gasteiger partial charge in [-0.3, -0.25) is 9.59 Å². The standard InChI is InChI=1S/C20H26F3N5O2/c1-27(20(30)12-4-5-12)11-15-3-2-6-28(15)19(29)9-14(25-26-24)7-13-8-17(22)18(23)10-16(13)21/h8,10,12,14-15H,2-7,9,11H2,1H3,(H2,24,25)/t14-,15+/m1/s1. The fourth-order valence-corrected chi connectivity index (χ4v) is 3.94. The van der Waals surface area contributed by atoms with Crippen molar-refractivity contribution in [2.75, 3.05) is 20.1 Å². The molecular weight excluding hydrogens is 399 g/mol. The van der Waals surface area contributed by atoms with Crippen molar-refractivity contribution in [1.82, 2.24) is 9.80 Å². The Morgan fingerprint density at radius 3 is 2.57 bits per heavy atom. The molecule has 2 aliphatic rings. The zero-order valence-corrected chi connectivity index (χ0v) is 16.9. The van der Waals surface area contributed by atoms with E-state index in [-0.39, 0.29) is 42.2 Å². The van der Waals surface area contributed by atoms with Crippen molar-refractivity contribution in [3.05, 3.63) is 35.1 Å². The summed E-state index contributed by atoms with van der Waals surface area (Å²) in [6, 6.07) is 0.312. The molecule has 10 heteroatoms. The highest BCUT2D eigenvalue weighted by Crippen LogP contribution is 2.31. The molecule has 1 saturated carbocycles. The van der Waals surface area contributed by atoms with Crippen LogP contribution in [0.1, 0.15) is 37.7 Å². The van der Waals surface area contributed by atoms with Gasteiger partial charge in [-0.15, -0.1) is 0 Å². The van der Waals surface area contributed by atoms with Gasteiger partial charge >= 0.3 is 0 Å². The zero-order valence-electron chi connectivity index (χ0n) is 16.9. The summed E-state index contributed by atoms with van der Waals surface area (Å²) in [5.74, 6) is 1.75. The van der Waals surface area contributed by atoms with Crippen molar-refractivity contribution in [3.63, 3.8) is 0 Å². The third kappa shape index (κ3) is 5.28. The van der Waals surface area contributed by atoms with Crippen LogP contribution in [0.3, 0.4) is 0 Å². The van der Waals surface area contributed by atoms with E-state index >= 15 is 0 Å². The smallest absolute Gasteiger partial charge is 0.225 e. The normalized spacial score (nSPS) is 20.0. The molecule has 7 nitrogen and oxygen atoms in total. The molecule has 2 N–H and O–H groups in total. The minimum Gasteiger partial charge on any atom is -0.343 e. The van der Waals surface area contributed by atoms with E-state index in [9.17, 15) is 22.8 Å². The van der Waals surface area contributed by atoms with Crippen LogP contribution < -0.4 is 5.84 Å². The number of amides is 2. The van der Waals surface area contributed by atoms with E-state index in [1.54, 1.807) is 16.8 Å². The number of carbonyl (C=O) groups excluding carboxylic acids is 2. The van der Waals surface area contributed by atoms with Gasteiger partial charge in [0, 0.05) is 44.6 Å². The fraction of sp³-hybridized carbons (Fsp3) is 0.600. The van der Waals surface area contributed by atoms with Gasteiger partial charge in [0.25, 0.3) is 0 Å². The molecule has 2 atom stereocenters. The Labute approximate surface area is 173 Å². The highest BCUT2D eigenvalue weighted by molar-refractivity contribution is 5.81. The van der Waals surface area contributed by atoms with Crippen LogP contribution in [0.15, 0.2) is 22.5 Å². The Bertz CT molecular complexity index is 831. The molecule has 1 heterocycles. The molecule has 1 saturated heterocycles. The van der Waals surface area contributed by atoms with E-state index in [0.717, 1.165) is 31.7 Å². The van der Waals surface area contributed by atoms with Gasteiger partial charge < -0.3 is 15.6 Å². The first-order valence-corrected chi connectivity index (χ1v) is 10.1. The first-order chi connectivity index (χ1) is 14.3. The predicted molar refractivity (Wildman–Crippen MR) is 103 cm³/mol. The highest BCUT2D eigenvalue weighted by atomic mass is 19.2. The number of hydrogen-bond acceptors (Lipinski definition) is 4. The fourth-order valence-electron chi connectivity index (χ4n) is 3.94. The molecule has 1 aliphatic carbocycles. The van der Waals surface area contributed by atoms with Crippen LogP contribution in [0.4, 0.5) is 13.2 Å². The molecule has 2 fully saturated rings. The monoisotopic (exact) mass is 425 g/mol. The molecule has 3 rings (SSSR count). The number of hydrogen-bond donors (Lipinski definition) is 1. The first kappa shape index (κ1) is 22.0. The lowest BCUT2D eigenvalue weighted by Crippen LogP contribution is -2.45. The summed E-state index contributed by atoms with van der Waals surface area (Å²) in [4.78, 5) is 28.5. The lowest BCUT2D eigenvalue weighted by molar-refractivity contribution is -0.136. The molecule has 0 spiro atoms. The SMILES string of the molecule is CN(C[C@@H]1CCCN1C(=O)C[C@@H](Cc1cc(F)c(F)cc1F)N=NN)C(=O)C1CC1. The molecule has 0 aromatic heterocycles. The van der Waals surface area contributed by atoms with Gasteiger partial charge in [-0.25, -0.2) is 13.2 Å². The van der Waals surface area contributed by atoms with E-state index in [1.165, 1.54) is 0 Å². The largest absolute Gasteiger partial charge is 0.343 e. The van der Waals surface area contributed by atoms with Gasteiger partial charge in [-0.05, 0) is 37.3 Å². The van der Waals surface area contributed by atoms with Crippen molar-refractivity contribution >= 4 is 11.8 Å². The molecule has 0 unspecified atom stereocenters. The van der Waals surface area contributed by atoms with Gasteiger partial charge in [0.1, 0.15) is 5.82 Å². The van der Waals surface area contributed by atoms with Crippen LogP contribution in [-0.2, 0) is 16.0 Å². The summed E-state index contributed by atoms with van der Waals surface area (Å²) < 4.78 is 40.6. The number of likely N-dealkylation sites (N-methyl/N-ethyl adjacent to an activating group) is 1. The summed E-state index contributed by atoms with van der Waals surface area (Å²) in [5.41, 5.74) is -0.105. The minimum absolute atomic E-state index is 0.0966. The summed E-state index contributed by atoms with van der Waals surface area (Å²) in [5, 5.41) is 6.99. The van der Waals surface area contributed by atoms with Crippen LogP contribution >= 0.6 is 0 Å². The molecule has 30 heavy (non-hydrogen) atoms. The van der Waals surface area contributed by atoms with Crippen LogP contribution in [0.25, 0.3) is 0 Å². The molecule has 164 valence electrons. The number of nitrogens with two attached hydrogens (primary N) is 1. The van der Waals surface area contributed by atoms with Crippen LogP contribution in [-0.4, -0.2) is 53.8 Å². The van der Waals surface area contributed by atoms with E-state index < -0.39 is 23.5 Å². The van der Waals surface area contributed by atoms with E-state index in [0.29, 0.717) is 19.2 Å². The Kier molecular flexibility index (Phi) is 6.94. The summed E-state index contributed by atoms with van der Waals surface area (Å²) >= 11 is 0. The Balaban J connectivity index is 1.63. The molecule has 1 aromatic rings. The maximum atomic E-state index is 14.0. The Morgan fingerprint density at radius 2 is 1.90 bits per heavy atom. The number of carbonyl (C=O) groups is 2. The van der Waals surface area contributed by atoms with Crippen molar-refractivity contribution < 1.29 is 22.8 Å². The molecule has 1 aromatic carbocycles. The average molecular weight is 425 g/mol. The van der Waals surface area contributed by atoms with E-state index in [1.807, 2.05) is 0 Å². The van der Waals surface area contributed by atoms with E-state index in [4.69, 9.17) is 5.84 Å². The Morgan fingerprint density at radius 1 is 1.20 bits per heavy atom. The van der Waals surface area contributed by atoms with Crippen molar-refractivity contribution in [1.29, 1.82) is 0 Å². The number of halogens is 3. The minimum atomic E-state index is -1.28. The summed E-state index contributed by atoms with van der Waals surface area (Å²) in [6.07, 6.45) is 3.20. The van der Waals surface area contributed by atoms with Crippen molar-refractivity contribution in [3.8, 4) is 0 Å². The topological polar surface area (TPSA) is 91.4 Å². The molecular formula is C20H26F3N5O2. The zero-order chi connectivity index (χ0) is 21.8. The highest BCUT2D eigenvalue weighted by Gasteiger charge is 2.36. The van der Waals surface area contributed by atoms with Gasteiger partial charge in [-0.2, -0.15) is 5.11 Å². The second kappa shape index (κ2) is 9.44. The van der Waals surface area contributed by atoms with Crippen LogP contribution in [0.2, 0.25) is 0 Å². The summed E-state index contributed by atoms with van der Waals surface area (Å²) in [6.45, 7) is 1.02. The number of rotatable bonds is 8. The second-order valence-corrected chi connectivity index (χ2v) is 8.03. The molecule has 2 amide bonds. The molecule has 1 aliphatic heterocycles. The number of nitrogens with zero attached hydrogens (tertiary/aromatic N) is 4. The van der Waals surface area contributed by atoms with Crippen LogP contribution in [0.5, 0.6) is 0 Å². The summed E-state index contributed by atoms with van der Waals surface area (Å²) in [7, 11) is 1.75. The quantitative estimate of drug-likeness (QED) is 0.300. The van der Waals surface area contributed by atoms with Crippen molar-refractivity contribution in [2.24, 2.45) is 22.1 Å². The van der Waals surface area contributed by atoms with Gasteiger partial charge in [0.15, 0.2) is 11.6 Å². The number of likely N-dealkylation sites (tertiary alicyclic amines) is 1. The molecule has 0 bridgehead atoms. The maximum absolute atomic E-state index is 14.0. The van der Waals surface area contributed by atoms with Gasteiger partial charge in [-0.1, -0.05) is 5.22 Å². The Hall–Kier alpha value is -2.65. The second-order valence-electron chi connectivity index (χ2n) is 8.03. The third-order valence-electron chi connectivity index (χ3n) is 5.67. The number of benzene rings is 1. The molecule has 0 radical (unpaired) electrons. The third-order valence-corrected chi connectivity index (χ3v) is 5.67.